The number of hydrogen-bond acceptors (Lipinski definition) is 3. The van der Waals surface area contributed by atoms with Crippen molar-refractivity contribution in [3.63, 3.8) is 0 Å². The summed E-state index contributed by atoms with van der Waals surface area (Å²) in [5.74, 6) is 1.13. The van der Waals surface area contributed by atoms with Crippen LogP contribution in [-0.4, -0.2) is 30.3 Å². The molecular weight excluding hydrogens is 308 g/mol. The lowest BCUT2D eigenvalue weighted by Gasteiger charge is -2.17. The third kappa shape index (κ3) is 4.92. The lowest BCUT2D eigenvalue weighted by atomic mass is 10.1. The Balaban J connectivity index is 2.51. The molecule has 0 heterocycles. The van der Waals surface area contributed by atoms with Crippen LogP contribution in [0.4, 0.5) is 0 Å². The summed E-state index contributed by atoms with van der Waals surface area (Å²) in [7, 11) is 0. The fourth-order valence-electron chi connectivity index (χ4n) is 1.80. The monoisotopic (exact) mass is 330 g/mol. The van der Waals surface area contributed by atoms with E-state index in [1.165, 1.54) is 10.5 Å². The molecule has 0 aromatic heterocycles. The highest BCUT2D eigenvalue weighted by Gasteiger charge is 2.06. The molecule has 0 aliphatic rings. The standard InChI is InChI=1S/C14H23BrN2S/c1-4-17(5-2)8-9-18-12-6-7-13(11(3)16)14(15)10-12/h6-7,10-11H,4-5,8-9,16H2,1-3H3/t11-/m1/s1. The molecule has 0 radical (unpaired) electrons. The zero-order valence-electron chi connectivity index (χ0n) is 11.4. The van der Waals surface area contributed by atoms with Crippen LogP contribution in [0.15, 0.2) is 27.6 Å². The highest BCUT2D eigenvalue weighted by atomic mass is 79.9. The van der Waals surface area contributed by atoms with Crippen molar-refractivity contribution in [2.45, 2.75) is 31.7 Å². The smallest absolute Gasteiger partial charge is 0.0277 e. The Hall–Kier alpha value is -0.0300. The highest BCUT2D eigenvalue weighted by Crippen LogP contribution is 2.28. The second-order valence-corrected chi connectivity index (χ2v) is 6.37. The molecule has 0 bridgehead atoms. The van der Waals surface area contributed by atoms with E-state index in [9.17, 15) is 0 Å². The molecule has 1 atom stereocenters. The summed E-state index contributed by atoms with van der Waals surface area (Å²) < 4.78 is 1.12. The van der Waals surface area contributed by atoms with Crippen molar-refractivity contribution in [2.75, 3.05) is 25.4 Å². The molecule has 102 valence electrons. The van der Waals surface area contributed by atoms with Gasteiger partial charge in [-0.2, -0.15) is 0 Å². The average molecular weight is 331 g/mol. The largest absolute Gasteiger partial charge is 0.324 e. The minimum Gasteiger partial charge on any atom is -0.324 e. The summed E-state index contributed by atoms with van der Waals surface area (Å²) in [5.41, 5.74) is 7.07. The SMILES string of the molecule is CCN(CC)CCSc1ccc([C@@H](C)N)c(Br)c1. The van der Waals surface area contributed by atoms with Crippen LogP contribution < -0.4 is 5.73 Å². The molecule has 2 nitrogen and oxygen atoms in total. The van der Waals surface area contributed by atoms with Crippen molar-refractivity contribution in [1.82, 2.24) is 4.90 Å². The Labute approximate surface area is 123 Å². The second kappa shape index (κ2) is 8.20. The first kappa shape index (κ1) is 16.0. The second-order valence-electron chi connectivity index (χ2n) is 4.35. The van der Waals surface area contributed by atoms with Crippen molar-refractivity contribution < 1.29 is 0 Å². The van der Waals surface area contributed by atoms with Crippen LogP contribution in [0.2, 0.25) is 0 Å². The van der Waals surface area contributed by atoms with E-state index in [0.717, 1.165) is 29.9 Å². The molecule has 0 fully saturated rings. The summed E-state index contributed by atoms with van der Waals surface area (Å²) in [6.45, 7) is 9.83. The lowest BCUT2D eigenvalue weighted by molar-refractivity contribution is 0.324. The third-order valence-electron chi connectivity index (χ3n) is 3.03. The van der Waals surface area contributed by atoms with Crippen LogP contribution in [0, 0.1) is 0 Å². The Morgan fingerprint density at radius 2 is 2.00 bits per heavy atom. The van der Waals surface area contributed by atoms with Gasteiger partial charge in [-0.1, -0.05) is 35.8 Å². The first-order valence-electron chi connectivity index (χ1n) is 6.48. The quantitative estimate of drug-likeness (QED) is 0.768. The average Bonchev–Trinajstić information content (AvgIpc) is 2.34. The maximum atomic E-state index is 5.90. The molecule has 0 aliphatic heterocycles. The van der Waals surface area contributed by atoms with Crippen molar-refractivity contribution in [1.29, 1.82) is 0 Å². The molecular formula is C14H23BrN2S. The van der Waals surface area contributed by atoms with Gasteiger partial charge >= 0.3 is 0 Å². The van der Waals surface area contributed by atoms with Crippen molar-refractivity contribution in [3.8, 4) is 0 Å². The minimum absolute atomic E-state index is 0.0779. The molecule has 2 N–H and O–H groups in total. The van der Waals surface area contributed by atoms with Gasteiger partial charge in [-0.15, -0.1) is 11.8 Å². The molecule has 1 rings (SSSR count). The van der Waals surface area contributed by atoms with Gasteiger partial charge in [-0.05, 0) is 37.7 Å². The van der Waals surface area contributed by atoms with Gasteiger partial charge in [0.05, 0.1) is 0 Å². The number of halogens is 1. The van der Waals surface area contributed by atoms with E-state index >= 15 is 0 Å². The lowest BCUT2D eigenvalue weighted by Crippen LogP contribution is -2.25. The van der Waals surface area contributed by atoms with E-state index in [-0.39, 0.29) is 6.04 Å². The minimum atomic E-state index is 0.0779. The summed E-state index contributed by atoms with van der Waals surface area (Å²) in [4.78, 5) is 3.75. The summed E-state index contributed by atoms with van der Waals surface area (Å²) >= 11 is 5.49. The zero-order valence-corrected chi connectivity index (χ0v) is 13.9. The topological polar surface area (TPSA) is 29.3 Å². The molecule has 0 saturated carbocycles. The fourth-order valence-corrected chi connectivity index (χ4v) is 3.64. The Morgan fingerprint density at radius 3 is 2.50 bits per heavy atom. The van der Waals surface area contributed by atoms with Crippen LogP contribution in [0.1, 0.15) is 32.4 Å². The molecule has 18 heavy (non-hydrogen) atoms. The van der Waals surface area contributed by atoms with E-state index in [1.807, 2.05) is 18.7 Å². The van der Waals surface area contributed by atoms with E-state index in [2.05, 4.69) is 52.9 Å². The maximum absolute atomic E-state index is 5.90. The predicted octanol–water partition coefficient (Wildman–Crippen LogP) is 3.90. The van der Waals surface area contributed by atoms with Gasteiger partial charge in [0.25, 0.3) is 0 Å². The van der Waals surface area contributed by atoms with Gasteiger partial charge in [0.2, 0.25) is 0 Å². The van der Waals surface area contributed by atoms with Gasteiger partial charge in [0.1, 0.15) is 0 Å². The zero-order chi connectivity index (χ0) is 13.5. The highest BCUT2D eigenvalue weighted by molar-refractivity contribution is 9.10. The summed E-state index contributed by atoms with van der Waals surface area (Å²) in [6.07, 6.45) is 0. The van der Waals surface area contributed by atoms with E-state index < -0.39 is 0 Å². The predicted molar refractivity (Wildman–Crippen MR) is 85.3 cm³/mol. The number of benzene rings is 1. The van der Waals surface area contributed by atoms with E-state index in [4.69, 9.17) is 5.73 Å². The summed E-state index contributed by atoms with van der Waals surface area (Å²) in [5, 5.41) is 0. The third-order valence-corrected chi connectivity index (χ3v) is 4.69. The first-order valence-corrected chi connectivity index (χ1v) is 8.26. The van der Waals surface area contributed by atoms with Crippen LogP contribution in [-0.2, 0) is 0 Å². The number of nitrogens with two attached hydrogens (primary N) is 1. The molecule has 1 aromatic rings. The van der Waals surface area contributed by atoms with E-state index in [0.29, 0.717) is 0 Å². The first-order chi connectivity index (χ1) is 8.58. The Kier molecular flexibility index (Phi) is 7.30. The molecule has 0 amide bonds. The van der Waals surface area contributed by atoms with Gasteiger partial charge in [-0.3, -0.25) is 0 Å². The molecule has 0 spiro atoms. The van der Waals surface area contributed by atoms with Crippen LogP contribution >= 0.6 is 27.7 Å². The Morgan fingerprint density at radius 1 is 1.33 bits per heavy atom. The van der Waals surface area contributed by atoms with Gasteiger partial charge < -0.3 is 10.6 Å². The fraction of sp³-hybridized carbons (Fsp3) is 0.571. The molecule has 0 saturated heterocycles. The number of nitrogens with zero attached hydrogens (tertiary/aromatic N) is 1. The maximum Gasteiger partial charge on any atom is 0.0277 e. The number of thioether (sulfide) groups is 1. The van der Waals surface area contributed by atoms with Crippen LogP contribution in [0.3, 0.4) is 0 Å². The number of rotatable bonds is 7. The van der Waals surface area contributed by atoms with Gasteiger partial charge in [-0.25, -0.2) is 0 Å². The van der Waals surface area contributed by atoms with Gasteiger partial charge in [0, 0.05) is 27.7 Å². The van der Waals surface area contributed by atoms with E-state index in [1.54, 1.807) is 0 Å². The van der Waals surface area contributed by atoms with Crippen molar-refractivity contribution in [3.05, 3.63) is 28.2 Å². The molecule has 4 heteroatoms. The van der Waals surface area contributed by atoms with Gasteiger partial charge in [0.15, 0.2) is 0 Å². The normalized spacial score (nSPS) is 13.0. The molecule has 0 unspecified atom stereocenters. The number of hydrogen-bond donors (Lipinski definition) is 1. The Bertz CT molecular complexity index is 365. The van der Waals surface area contributed by atoms with Crippen molar-refractivity contribution >= 4 is 27.7 Å². The summed E-state index contributed by atoms with van der Waals surface area (Å²) in [6, 6.07) is 6.53. The molecule has 1 aromatic carbocycles. The van der Waals surface area contributed by atoms with Crippen LogP contribution in [0.25, 0.3) is 0 Å². The molecule has 0 aliphatic carbocycles. The van der Waals surface area contributed by atoms with Crippen molar-refractivity contribution in [2.24, 2.45) is 5.73 Å². The van der Waals surface area contributed by atoms with Crippen LogP contribution in [0.5, 0.6) is 0 Å².